The molecule has 86 heavy (non-hydrogen) atoms. The fraction of sp³-hybridized carbons (Fsp3) is 0.342. The Hall–Kier alpha value is -8.18. The first-order valence-electron chi connectivity index (χ1n) is 30.9. The van der Waals surface area contributed by atoms with E-state index in [-0.39, 0.29) is 47.3 Å². The summed E-state index contributed by atoms with van der Waals surface area (Å²) in [5.74, 6) is 3.19. The van der Waals surface area contributed by atoms with E-state index in [2.05, 4.69) is 238 Å². The Bertz CT molecular complexity index is 3130. The fourth-order valence-electron chi connectivity index (χ4n) is 10.7. The fourth-order valence-corrected chi connectivity index (χ4v) is 10.7. The molecule has 0 heterocycles. The van der Waals surface area contributed by atoms with Crippen LogP contribution < -0.4 is 31.2 Å². The summed E-state index contributed by atoms with van der Waals surface area (Å²) >= 11 is 0. The molecule has 6 aromatic carbocycles. The van der Waals surface area contributed by atoms with Crippen molar-refractivity contribution in [1.82, 2.24) is 10.9 Å². The second kappa shape index (κ2) is 30.8. The molecule has 0 aromatic heterocycles. The van der Waals surface area contributed by atoms with Gasteiger partial charge in [-0.3, -0.25) is 31.3 Å². The maximum atomic E-state index is 13.7. The van der Waals surface area contributed by atoms with Crippen LogP contribution in [0.3, 0.4) is 0 Å². The van der Waals surface area contributed by atoms with Crippen LogP contribution in [0.4, 0.5) is 11.4 Å². The van der Waals surface area contributed by atoms with Crippen LogP contribution in [-0.2, 0) is 9.47 Å². The minimum absolute atomic E-state index is 0.103. The molecule has 0 fully saturated rings. The number of hydrogen-bond acceptors (Lipinski definition) is 8. The maximum Gasteiger partial charge on any atom is 0.270 e. The van der Waals surface area contributed by atoms with Crippen molar-refractivity contribution in [2.45, 2.75) is 130 Å². The maximum absolute atomic E-state index is 13.7. The zero-order valence-electron chi connectivity index (χ0n) is 52.6. The highest BCUT2D eigenvalue weighted by atomic mass is 16.6. The van der Waals surface area contributed by atoms with Crippen molar-refractivity contribution < 1.29 is 28.5 Å². The summed E-state index contributed by atoms with van der Waals surface area (Å²) in [7, 11) is 0. The molecular weight excluding hydrogens is 1060 g/mol. The number of carbonyl (C=O) groups is 2. The van der Waals surface area contributed by atoms with Gasteiger partial charge < -0.3 is 18.9 Å². The number of rotatable bonds is 27. The van der Waals surface area contributed by atoms with Gasteiger partial charge in [-0.15, -0.1) is 0 Å². The summed E-state index contributed by atoms with van der Waals surface area (Å²) in [6.07, 6.45) is 21.6. The van der Waals surface area contributed by atoms with Gasteiger partial charge in [0.2, 0.25) is 0 Å². The number of ether oxygens (including phenoxy) is 4. The largest absolute Gasteiger partial charge is 0.491 e. The van der Waals surface area contributed by atoms with Gasteiger partial charge in [0.25, 0.3) is 11.8 Å². The van der Waals surface area contributed by atoms with Gasteiger partial charge in [0.1, 0.15) is 24.7 Å². The third kappa shape index (κ3) is 17.3. The zero-order valence-corrected chi connectivity index (χ0v) is 52.6. The molecule has 2 unspecified atom stereocenters. The summed E-state index contributed by atoms with van der Waals surface area (Å²) in [4.78, 5) is 27.4. The standard InChI is InChI=1S/C76H90N4O6/c1-49(2)63-45-69(51(5)6)73(70(46-63)52(7)8)75(81)79-77-65-31-23-59(24-32-65)55-15-13-17-57(21-19-55)61-27-35-67(36-28-61)85-43-41-83-39-40-84-42-44-86-68-37-29-62(30-38-68)58-18-14-16-56(20-22-58)60-25-33-66(34-26-60)78-80-76(82)74-71(53(9)10)47-64(50(3)4)48-72(74)54(11)12/h13-38,45-56,77-78H,39-44H2,1-12H3,(H,79,81)(H,80,82). The molecule has 2 aliphatic rings. The van der Waals surface area contributed by atoms with Crippen molar-refractivity contribution in [1.29, 1.82) is 0 Å². The molecule has 2 aliphatic carbocycles. The quantitative estimate of drug-likeness (QED) is 0.0297. The summed E-state index contributed by atoms with van der Waals surface area (Å²) < 4.78 is 23.5. The Kier molecular flexibility index (Phi) is 22.8. The van der Waals surface area contributed by atoms with Crippen LogP contribution in [0, 0.1) is 0 Å². The number of nitrogens with one attached hydrogen (secondary N) is 4. The first-order chi connectivity index (χ1) is 41.4. The predicted molar refractivity (Wildman–Crippen MR) is 356 cm³/mol. The second-order valence-corrected chi connectivity index (χ2v) is 24.2. The minimum atomic E-state index is -0.116. The molecule has 0 spiro atoms. The molecule has 0 aliphatic heterocycles. The zero-order chi connectivity index (χ0) is 61.3. The molecule has 2 amide bonds. The third-order valence-electron chi connectivity index (χ3n) is 15.8. The second-order valence-electron chi connectivity index (χ2n) is 24.2. The third-order valence-corrected chi connectivity index (χ3v) is 15.8. The van der Waals surface area contributed by atoms with Crippen molar-refractivity contribution in [3.63, 3.8) is 0 Å². The van der Waals surface area contributed by atoms with Gasteiger partial charge >= 0.3 is 0 Å². The highest BCUT2D eigenvalue weighted by Crippen LogP contribution is 2.35. The van der Waals surface area contributed by atoms with Crippen molar-refractivity contribution in [3.8, 4) is 11.5 Å². The molecule has 4 N–H and O–H groups in total. The van der Waals surface area contributed by atoms with E-state index in [0.29, 0.717) is 51.5 Å². The minimum Gasteiger partial charge on any atom is -0.491 e. The lowest BCUT2D eigenvalue weighted by atomic mass is 9.84. The van der Waals surface area contributed by atoms with E-state index < -0.39 is 0 Å². The van der Waals surface area contributed by atoms with Crippen molar-refractivity contribution in [3.05, 3.63) is 249 Å². The highest BCUT2D eigenvalue weighted by molar-refractivity contribution is 5.99. The van der Waals surface area contributed by atoms with E-state index in [0.717, 1.165) is 89.7 Å². The number of amides is 2. The van der Waals surface area contributed by atoms with E-state index in [9.17, 15) is 9.59 Å². The van der Waals surface area contributed by atoms with E-state index >= 15 is 0 Å². The molecular formula is C76H90N4O6. The van der Waals surface area contributed by atoms with Gasteiger partial charge in [0, 0.05) is 23.0 Å². The Morgan fingerprint density at radius 2 is 0.721 bits per heavy atom. The van der Waals surface area contributed by atoms with Crippen LogP contribution in [0.25, 0.3) is 11.1 Å². The van der Waals surface area contributed by atoms with Gasteiger partial charge in [0.05, 0.1) is 37.8 Å². The number of benzene rings is 6. The van der Waals surface area contributed by atoms with Crippen LogP contribution >= 0.6 is 0 Å². The number of hydrogen-bond donors (Lipinski definition) is 4. The summed E-state index contributed by atoms with van der Waals surface area (Å²) in [5.41, 5.74) is 29.1. The molecule has 450 valence electrons. The smallest absolute Gasteiger partial charge is 0.270 e. The first-order valence-corrected chi connectivity index (χ1v) is 30.9. The van der Waals surface area contributed by atoms with Crippen LogP contribution in [0.1, 0.15) is 207 Å². The molecule has 2 atom stereocenters. The van der Waals surface area contributed by atoms with Gasteiger partial charge in [0.15, 0.2) is 0 Å². The monoisotopic (exact) mass is 1150 g/mol. The molecule has 10 heteroatoms. The van der Waals surface area contributed by atoms with Crippen molar-refractivity contribution in [2.75, 3.05) is 50.5 Å². The molecule has 0 radical (unpaired) electrons. The van der Waals surface area contributed by atoms with Crippen LogP contribution in [-0.4, -0.2) is 51.5 Å². The highest BCUT2D eigenvalue weighted by Gasteiger charge is 2.24. The summed E-state index contributed by atoms with van der Waals surface area (Å²) in [6.45, 7) is 28.7. The van der Waals surface area contributed by atoms with Crippen LogP contribution in [0.2, 0.25) is 0 Å². The lowest BCUT2D eigenvalue weighted by molar-refractivity contribution is 0.0273. The van der Waals surface area contributed by atoms with Crippen molar-refractivity contribution in [2.24, 2.45) is 0 Å². The van der Waals surface area contributed by atoms with Gasteiger partial charge in [-0.05, 0) is 151 Å². The number of carbonyl (C=O) groups excluding carboxylic acids is 2. The summed E-state index contributed by atoms with van der Waals surface area (Å²) in [6, 6.07) is 41.5. The van der Waals surface area contributed by atoms with Crippen molar-refractivity contribution >= 4 is 34.3 Å². The molecule has 0 saturated heterocycles. The van der Waals surface area contributed by atoms with E-state index in [1.54, 1.807) is 0 Å². The lowest BCUT2D eigenvalue weighted by Crippen LogP contribution is -2.31. The van der Waals surface area contributed by atoms with E-state index in [1.165, 1.54) is 11.1 Å². The number of hydrazine groups is 2. The normalized spacial score (nSPS) is 14.9. The molecule has 10 nitrogen and oxygen atoms in total. The summed E-state index contributed by atoms with van der Waals surface area (Å²) in [5, 5.41) is 0. The molecule has 8 rings (SSSR count). The SMILES string of the molecule is CC(C)c1cc(C(C)C)c(C(=O)NNc2ccc(C3C=CC=C(c4ccc(OCCOCCOCCOc5ccc(C6=CC=CC(c7ccc(NNC(=O)c8c(C(C)C)cc(C(C)C)cc8C(C)C)cc7)C=C6)cc5)cc4)C=C3)cc2)c(C(C)C)c1. The Morgan fingerprint density at radius 1 is 0.395 bits per heavy atom. The Morgan fingerprint density at radius 3 is 1.03 bits per heavy atom. The average molecular weight is 1160 g/mol. The van der Waals surface area contributed by atoms with E-state index in [1.807, 2.05) is 48.5 Å². The Balaban J connectivity index is 0.691. The molecule has 0 saturated carbocycles. The number of allylic oxidation sites excluding steroid dienone is 12. The van der Waals surface area contributed by atoms with Crippen LogP contribution in [0.15, 0.2) is 182 Å². The predicted octanol–water partition coefficient (Wildman–Crippen LogP) is 18.0. The van der Waals surface area contributed by atoms with Crippen LogP contribution in [0.5, 0.6) is 11.5 Å². The van der Waals surface area contributed by atoms with Gasteiger partial charge in [-0.2, -0.15) is 0 Å². The van der Waals surface area contributed by atoms with Gasteiger partial charge in [-0.1, -0.05) is 217 Å². The molecule has 6 aromatic rings. The van der Waals surface area contributed by atoms with Gasteiger partial charge in [-0.25, -0.2) is 0 Å². The first kappa shape index (κ1) is 63.8. The topological polar surface area (TPSA) is 119 Å². The Labute approximate surface area is 512 Å². The molecule has 0 bridgehead atoms. The average Bonchev–Trinajstić information content (AvgIpc) is 2.87. The number of anilines is 2. The van der Waals surface area contributed by atoms with E-state index in [4.69, 9.17) is 18.9 Å². The lowest BCUT2D eigenvalue weighted by Gasteiger charge is -2.22.